The van der Waals surface area contributed by atoms with Crippen molar-refractivity contribution in [2.45, 2.75) is 219 Å². The lowest BCUT2D eigenvalue weighted by Crippen LogP contribution is -2.35. The Kier molecular flexibility index (Phi) is 24.6. The molecule has 0 saturated heterocycles. The number of fused-ring (bicyclic) bond motifs is 7. The second-order valence-corrected chi connectivity index (χ2v) is 27.2. The van der Waals surface area contributed by atoms with E-state index in [-0.39, 0.29) is 0 Å². The lowest BCUT2D eigenvalue weighted by Gasteiger charge is -2.02. The molecule has 0 aliphatic carbocycles. The van der Waals surface area contributed by atoms with Gasteiger partial charge in [0, 0.05) is 130 Å². The summed E-state index contributed by atoms with van der Waals surface area (Å²) in [4.78, 5) is 30.7. The molecule has 21 heteroatoms. The van der Waals surface area contributed by atoms with Crippen LogP contribution in [0.2, 0.25) is 0 Å². The topological polar surface area (TPSA) is 152 Å². The number of rotatable bonds is 7. The zero-order valence-electron chi connectivity index (χ0n) is 68.1. The predicted molar refractivity (Wildman–Crippen MR) is 411 cm³/mol. The van der Waals surface area contributed by atoms with Crippen molar-refractivity contribution >= 4 is 77.2 Å². The van der Waals surface area contributed by atoms with Gasteiger partial charge in [-0.25, -0.2) is 63.9 Å². The zero-order chi connectivity index (χ0) is 75.5. The first-order valence-corrected chi connectivity index (χ1v) is 36.4. The predicted octanol–water partition coefficient (Wildman–Crippen LogP) is 11.7. The highest BCUT2D eigenvalue weighted by molar-refractivity contribution is 5.80. The summed E-state index contributed by atoms with van der Waals surface area (Å²) in [6.07, 6.45) is 13.5. The summed E-state index contributed by atoms with van der Waals surface area (Å²) in [5.74, 6) is 8.95. The molecule has 14 aromatic heterocycles. The molecule has 21 nitrogen and oxygen atoms in total. The van der Waals surface area contributed by atoms with Crippen LogP contribution in [0.5, 0.6) is 0 Å². The lowest BCUT2D eigenvalue weighted by atomic mass is 10.1. The van der Waals surface area contributed by atoms with Crippen molar-refractivity contribution in [2.75, 3.05) is 0 Å². The van der Waals surface area contributed by atoms with E-state index in [2.05, 4.69) is 333 Å². The van der Waals surface area contributed by atoms with E-state index in [1.54, 1.807) is 0 Å². The van der Waals surface area contributed by atoms with Gasteiger partial charge in [0.1, 0.15) is 0 Å². The highest BCUT2D eigenvalue weighted by Crippen LogP contribution is 2.25. The molecule has 0 radical (unpaired) electrons. The molecular weight excluding hydrogens is 1270 g/mol. The third kappa shape index (κ3) is 14.3. The van der Waals surface area contributed by atoms with Crippen LogP contribution in [0, 0.1) is 125 Å². The van der Waals surface area contributed by atoms with E-state index in [1.807, 2.05) is 50.3 Å². The minimum Gasteiger partial charge on any atom is -0.260 e. The van der Waals surface area contributed by atoms with Gasteiger partial charge in [0.05, 0.1) is 137 Å². The van der Waals surface area contributed by atoms with Crippen LogP contribution >= 0.6 is 0 Å². The molecule has 0 unspecified atom stereocenters. The molecule has 0 bridgehead atoms. The van der Waals surface area contributed by atoms with Crippen LogP contribution in [0.1, 0.15) is 151 Å². The van der Waals surface area contributed by atoms with E-state index in [0.29, 0.717) is 0 Å². The van der Waals surface area contributed by atoms with Gasteiger partial charge in [-0.2, -0.15) is 0 Å². The fourth-order valence-corrected chi connectivity index (χ4v) is 15.2. The monoisotopic (exact) mass is 1390 g/mol. The minimum atomic E-state index is 0.994. The molecule has 542 valence electrons. The number of hydrogen-bond acceptors (Lipinski definition) is 7. The fraction of sp³-hybridized carbons (Fsp3) is 0.481. The smallest absolute Gasteiger partial charge is 0.254 e. The summed E-state index contributed by atoms with van der Waals surface area (Å²) >= 11 is 0. The third-order valence-corrected chi connectivity index (χ3v) is 21.6. The van der Waals surface area contributed by atoms with E-state index >= 15 is 0 Å². The van der Waals surface area contributed by atoms with Gasteiger partial charge < -0.3 is 0 Å². The molecule has 0 aliphatic rings. The minimum absolute atomic E-state index is 0.994. The van der Waals surface area contributed by atoms with Gasteiger partial charge in [0.15, 0.2) is 77.2 Å². The molecule has 0 amide bonds. The first-order chi connectivity index (χ1) is 48.3. The number of aromatic nitrogens is 21. The van der Waals surface area contributed by atoms with Gasteiger partial charge in [-0.3, -0.25) is 34.9 Å². The summed E-state index contributed by atoms with van der Waals surface area (Å²) in [5.41, 5.74) is 30.6. The quantitative estimate of drug-likeness (QED) is 0.144. The van der Waals surface area contributed by atoms with Crippen molar-refractivity contribution in [3.63, 3.8) is 0 Å². The number of aryl methyl sites for hydroxylation is 25. The van der Waals surface area contributed by atoms with E-state index in [0.717, 1.165) is 85.7 Å². The molecule has 0 spiro atoms. The van der Waals surface area contributed by atoms with Crippen molar-refractivity contribution in [3.05, 3.63) is 164 Å². The Morgan fingerprint density at radius 3 is 1.34 bits per heavy atom. The second-order valence-electron chi connectivity index (χ2n) is 27.2. The molecule has 0 aliphatic heterocycles. The Labute approximate surface area is 605 Å². The highest BCUT2D eigenvalue weighted by Gasteiger charge is 2.27. The van der Waals surface area contributed by atoms with Crippen LogP contribution in [0.15, 0.2) is 61.6 Å². The molecule has 14 heterocycles. The molecule has 0 fully saturated rings. The van der Waals surface area contributed by atoms with Gasteiger partial charge in [-0.05, 0) is 125 Å². The van der Waals surface area contributed by atoms with E-state index in [1.165, 1.54) is 140 Å². The SMILES string of the molecule is CC[n+]1c(C)n(C)c2cnc(C)c(C)c21.CCn1c(C)[n+](C)c2c(C)cncc21.CCn1c(C)[n+](C)c2c(C)nc(C)c(C)c21.CCn1c(C)[n+](C)c2c(C)nc(C)cc21.CCn1c(C)[n+](C)c2c(C)ncc(C)c21.CCn1c(C)[n+](C)c2cc(C)ncc21.CCn1c(C)[n+](C)c2ccncc21. The first kappa shape index (κ1) is 78.1. The number of pyridine rings is 7. The van der Waals surface area contributed by atoms with Crippen LogP contribution in [0.25, 0.3) is 77.2 Å². The second kappa shape index (κ2) is 32.1. The largest absolute Gasteiger partial charge is 0.260 e. The third-order valence-electron chi connectivity index (χ3n) is 21.6. The van der Waals surface area contributed by atoms with Crippen LogP contribution in [0.4, 0.5) is 0 Å². The fourth-order valence-electron chi connectivity index (χ4n) is 15.2. The van der Waals surface area contributed by atoms with Crippen LogP contribution in [0.3, 0.4) is 0 Å². The zero-order valence-corrected chi connectivity index (χ0v) is 68.1. The number of nitrogens with zero attached hydrogens (tertiary/aromatic N) is 21. The van der Waals surface area contributed by atoms with E-state index < -0.39 is 0 Å². The maximum absolute atomic E-state index is 4.62. The molecule has 0 N–H and O–H groups in total. The molecule has 0 atom stereocenters. The Hall–Kier alpha value is -9.66. The summed E-state index contributed by atoms with van der Waals surface area (Å²) < 4.78 is 31.8. The van der Waals surface area contributed by atoms with Gasteiger partial charge >= 0.3 is 0 Å². The summed E-state index contributed by atoms with van der Waals surface area (Å²) in [6.45, 7) is 60.3. The van der Waals surface area contributed by atoms with Gasteiger partial charge in [0.25, 0.3) is 40.8 Å². The molecule has 14 rings (SSSR count). The van der Waals surface area contributed by atoms with Crippen LogP contribution in [-0.4, -0.2) is 66.9 Å². The lowest BCUT2D eigenvalue weighted by molar-refractivity contribution is -0.675. The Bertz CT molecular complexity index is 5410. The van der Waals surface area contributed by atoms with Crippen molar-refractivity contribution in [1.82, 2.24) is 66.9 Å². The maximum atomic E-state index is 4.62. The average molecular weight is 1390 g/mol. The summed E-state index contributed by atoms with van der Waals surface area (Å²) in [6, 6.07) is 6.35. The molecule has 0 aromatic carbocycles. The molecule has 14 aromatic rings. The van der Waals surface area contributed by atoms with Crippen molar-refractivity contribution in [1.29, 1.82) is 0 Å². The van der Waals surface area contributed by atoms with E-state index in [4.69, 9.17) is 0 Å². The summed E-state index contributed by atoms with van der Waals surface area (Å²) in [7, 11) is 14.7. The van der Waals surface area contributed by atoms with Gasteiger partial charge in [-0.15, -0.1) is 0 Å². The Morgan fingerprint density at radius 1 is 0.324 bits per heavy atom. The van der Waals surface area contributed by atoms with Crippen molar-refractivity contribution in [2.24, 2.45) is 49.3 Å². The van der Waals surface area contributed by atoms with Gasteiger partial charge in [0.2, 0.25) is 0 Å². The maximum Gasteiger partial charge on any atom is 0.254 e. The van der Waals surface area contributed by atoms with Crippen LogP contribution < -0.4 is 32.0 Å². The summed E-state index contributed by atoms with van der Waals surface area (Å²) in [5, 5.41) is 0. The van der Waals surface area contributed by atoms with Crippen molar-refractivity contribution in [3.8, 4) is 0 Å². The van der Waals surface area contributed by atoms with E-state index in [9.17, 15) is 0 Å². The molecule has 102 heavy (non-hydrogen) atoms. The first-order valence-electron chi connectivity index (χ1n) is 36.4. The molecule has 0 saturated carbocycles. The normalized spacial score (nSPS) is 11.2. The average Bonchev–Trinajstić information content (AvgIpc) is 1.61. The van der Waals surface area contributed by atoms with Crippen molar-refractivity contribution < 1.29 is 32.0 Å². The number of hydrogen-bond donors (Lipinski definition) is 0. The Balaban J connectivity index is 0.000000151. The Morgan fingerprint density at radius 2 is 0.775 bits per heavy atom. The highest BCUT2D eigenvalue weighted by atomic mass is 15.2. The molecular formula is C81H120N21+7. The van der Waals surface area contributed by atoms with Gasteiger partial charge in [-0.1, -0.05) is 0 Å². The van der Waals surface area contributed by atoms with Crippen LogP contribution in [-0.2, 0) is 95.1 Å². The number of imidazole rings is 7. The standard InChI is InChI=1S/C13H20N3.3C12H18N3.2C11H16N3.C10H14N3/c1-7-16-11(5)15(6)13-10(4)14-9(3)8(2)12(13)16;1-6-15-10(4)14(5)11-7-13-9(3)8(2)12(11)15;1-6-15-10(4)14(5)12-9(3)13-7-8(2)11(12)15;1-6-15-10(4)14(5)12-9(3)13-8(2)7-11(12)15;1-5-14-9(3)13(4)11-8(2)6-12-7-10(11)14;1-5-14-9(3)13(4)10-6-8(2)12-7-11(10)14;1-4-13-8(2)12(3)9-5-6-11-7-10(9)13/h7H2,1-6H3;3*7H,6H2,1-5H3;2*6-7H,5H2,1-4H3;5-7H,4H2,1-3H3/q7*+1.